The average Bonchev–Trinajstić information content (AvgIpc) is 2.52. The van der Waals surface area contributed by atoms with Gasteiger partial charge in [0.2, 0.25) is 0 Å². The van der Waals surface area contributed by atoms with Gasteiger partial charge in [-0.25, -0.2) is 9.59 Å². The van der Waals surface area contributed by atoms with Gasteiger partial charge in [0, 0.05) is 13.8 Å². The summed E-state index contributed by atoms with van der Waals surface area (Å²) in [4.78, 5) is 36.2. The molecule has 0 aromatic carbocycles. The van der Waals surface area contributed by atoms with E-state index in [4.69, 9.17) is 51.1 Å². The maximum atomic E-state index is 9.10. The summed E-state index contributed by atoms with van der Waals surface area (Å²) >= 11 is 0. The molecular weight excluding hydrogens is 615 g/mol. The molecule has 0 spiro atoms. The molecule has 1 fully saturated rings. The monoisotopic (exact) mass is 657 g/mol. The van der Waals surface area contributed by atoms with Gasteiger partial charge in [-0.3, -0.25) is 9.59 Å². The molecule has 0 aliphatic heterocycles. The third-order valence-corrected chi connectivity index (χ3v) is 8.31. The molecule has 10 nitrogen and oxygen atoms in total. The van der Waals surface area contributed by atoms with Gasteiger partial charge in [0.25, 0.3) is 11.9 Å². The fourth-order valence-electron chi connectivity index (χ4n) is 4.06. The van der Waals surface area contributed by atoms with Gasteiger partial charge >= 0.3 is 33.0 Å². The van der Waals surface area contributed by atoms with E-state index in [1.807, 2.05) is 0 Å². The van der Waals surface area contributed by atoms with Crippen molar-refractivity contribution in [2.24, 2.45) is 21.7 Å². The van der Waals surface area contributed by atoms with E-state index in [0.717, 1.165) is 13.8 Å². The predicted octanol–water partition coefficient (Wildman–Crippen LogP) is 5.06. The van der Waals surface area contributed by atoms with Gasteiger partial charge in [-0.15, -0.1) is 11.1 Å². The second kappa shape index (κ2) is 12.3. The molecule has 0 atom stereocenters. The molecule has 33 heavy (non-hydrogen) atoms. The molecule has 1 aliphatic carbocycles. The molecule has 1 rings (SSSR count). The summed E-state index contributed by atoms with van der Waals surface area (Å²) in [5.74, 6) is -5.31. The molecule has 1 saturated carbocycles. The SMILES string of the molecule is CC(=O)O.CC(=O)O.CC1(C)C(C)(C)C(C)([NH-])C(C)(C)C(C)(C)C1(C)[NH-].O=C(O)C(=O)O.[Pt+2]. The number of aliphatic carboxylic acids is 4. The normalized spacial score (nSPS) is 27.2. The minimum Gasteiger partial charge on any atom is -0.671 e. The number of rotatable bonds is 0. The molecule has 11 heteroatoms. The Morgan fingerprint density at radius 3 is 0.636 bits per heavy atom. The zero-order valence-corrected chi connectivity index (χ0v) is 24.0. The fraction of sp³-hybridized carbons (Fsp3) is 0.818. The van der Waals surface area contributed by atoms with Gasteiger partial charge in [0.1, 0.15) is 0 Å². The Morgan fingerprint density at radius 2 is 0.576 bits per heavy atom. The van der Waals surface area contributed by atoms with Gasteiger partial charge < -0.3 is 31.9 Å². The summed E-state index contributed by atoms with van der Waals surface area (Å²) < 4.78 is 0. The molecule has 0 saturated heterocycles. The van der Waals surface area contributed by atoms with Crippen molar-refractivity contribution in [3.63, 3.8) is 0 Å². The van der Waals surface area contributed by atoms with Crippen molar-refractivity contribution >= 4 is 23.9 Å². The van der Waals surface area contributed by atoms with E-state index >= 15 is 0 Å². The van der Waals surface area contributed by atoms with Crippen LogP contribution in [0.15, 0.2) is 0 Å². The zero-order valence-electron chi connectivity index (χ0n) is 21.7. The molecule has 0 radical (unpaired) electrons. The second-order valence-corrected chi connectivity index (χ2v) is 10.4. The number of carbonyl (C=O) groups is 4. The van der Waals surface area contributed by atoms with Crippen molar-refractivity contribution in [2.75, 3.05) is 0 Å². The van der Waals surface area contributed by atoms with Crippen molar-refractivity contribution in [3.05, 3.63) is 11.5 Å². The standard InChI is InChI=1S/C16H32N2.C2H2O4.2C2H4O2.Pt/c1-11(2)12(3,4)16(10,18)14(7,8)13(5,6)15(11,9)17;3-1(4)2(5)6;2*1-2(3)4;/h17-18H,1-10H3;(H,3,4)(H,5,6);2*1H3,(H,3,4);/q-2;;;;+2. The zero-order chi connectivity index (χ0) is 27.3. The Bertz CT molecular complexity index is 562. The third kappa shape index (κ3) is 7.75. The van der Waals surface area contributed by atoms with Crippen molar-refractivity contribution in [3.8, 4) is 0 Å². The minimum absolute atomic E-state index is 0. The van der Waals surface area contributed by atoms with Crippen LogP contribution in [0.4, 0.5) is 0 Å². The van der Waals surface area contributed by atoms with Crippen LogP contribution in [0.2, 0.25) is 0 Å². The molecule has 0 amide bonds. The van der Waals surface area contributed by atoms with Crippen LogP contribution in [0.25, 0.3) is 11.5 Å². The summed E-state index contributed by atoms with van der Waals surface area (Å²) in [5.41, 5.74) is 16.0. The summed E-state index contributed by atoms with van der Waals surface area (Å²) in [6, 6.07) is 0. The molecule has 0 aromatic heterocycles. The van der Waals surface area contributed by atoms with Crippen molar-refractivity contribution in [1.82, 2.24) is 0 Å². The molecular formula is C22H42N2O8Pt. The number of carboxylic acid groups (broad SMARTS) is 4. The van der Waals surface area contributed by atoms with Gasteiger partial charge in [0.05, 0.1) is 0 Å². The summed E-state index contributed by atoms with van der Waals surface area (Å²) in [7, 11) is 0. The molecule has 1 aliphatic rings. The average molecular weight is 658 g/mol. The molecule has 0 bridgehead atoms. The number of hydrogen-bond acceptors (Lipinski definition) is 4. The van der Waals surface area contributed by atoms with Crippen LogP contribution in [0.1, 0.15) is 83.1 Å². The van der Waals surface area contributed by atoms with Crippen LogP contribution in [-0.2, 0) is 40.2 Å². The first-order chi connectivity index (χ1) is 13.6. The molecule has 0 unspecified atom stereocenters. The van der Waals surface area contributed by atoms with E-state index in [9.17, 15) is 0 Å². The van der Waals surface area contributed by atoms with Gasteiger partial charge in [-0.1, -0.05) is 69.2 Å². The first-order valence-corrected chi connectivity index (χ1v) is 9.96. The topological polar surface area (TPSA) is 197 Å². The fourth-order valence-corrected chi connectivity index (χ4v) is 4.06. The maximum Gasteiger partial charge on any atom is 2.00 e. The Hall–Kier alpha value is -1.51. The molecule has 6 N–H and O–H groups in total. The second-order valence-electron chi connectivity index (χ2n) is 10.4. The van der Waals surface area contributed by atoms with Gasteiger partial charge in [-0.2, -0.15) is 0 Å². The Balaban J connectivity index is -0.000000231. The summed E-state index contributed by atoms with van der Waals surface area (Å²) in [6.07, 6.45) is 0. The number of nitrogens with one attached hydrogen (secondary N) is 2. The van der Waals surface area contributed by atoms with Crippen molar-refractivity contribution < 1.29 is 60.7 Å². The molecule has 0 aromatic rings. The smallest absolute Gasteiger partial charge is 0.671 e. The largest absolute Gasteiger partial charge is 2.00 e. The van der Waals surface area contributed by atoms with Crippen molar-refractivity contribution in [1.29, 1.82) is 0 Å². The third-order valence-electron chi connectivity index (χ3n) is 8.31. The predicted molar refractivity (Wildman–Crippen MR) is 122 cm³/mol. The van der Waals surface area contributed by atoms with Crippen molar-refractivity contribution in [2.45, 2.75) is 94.2 Å². The molecule has 198 valence electrons. The van der Waals surface area contributed by atoms with Crippen LogP contribution >= 0.6 is 0 Å². The van der Waals surface area contributed by atoms with E-state index in [-0.39, 0.29) is 42.7 Å². The van der Waals surface area contributed by atoms with E-state index in [1.54, 1.807) is 0 Å². The van der Waals surface area contributed by atoms with Crippen LogP contribution in [-0.4, -0.2) is 55.4 Å². The Labute approximate surface area is 211 Å². The Morgan fingerprint density at radius 1 is 0.485 bits per heavy atom. The Kier molecular flexibility index (Phi) is 14.4. The maximum absolute atomic E-state index is 9.10. The quantitative estimate of drug-likeness (QED) is 0.259. The van der Waals surface area contributed by atoms with Crippen LogP contribution in [0.5, 0.6) is 0 Å². The first-order valence-electron chi connectivity index (χ1n) is 9.96. The van der Waals surface area contributed by atoms with E-state index in [0.29, 0.717) is 0 Å². The van der Waals surface area contributed by atoms with Gasteiger partial charge in [0.15, 0.2) is 0 Å². The molecule has 0 heterocycles. The number of carboxylic acids is 4. The summed E-state index contributed by atoms with van der Waals surface area (Å²) in [6.45, 7) is 23.7. The number of hydrogen-bond donors (Lipinski definition) is 4. The minimum atomic E-state index is -1.82. The van der Waals surface area contributed by atoms with E-state index < -0.39 is 35.0 Å². The van der Waals surface area contributed by atoms with E-state index in [1.165, 1.54) is 0 Å². The van der Waals surface area contributed by atoms with E-state index in [2.05, 4.69) is 69.2 Å². The van der Waals surface area contributed by atoms with Gasteiger partial charge in [-0.05, 0) is 21.7 Å². The van der Waals surface area contributed by atoms with Crippen LogP contribution < -0.4 is 0 Å². The van der Waals surface area contributed by atoms with Crippen LogP contribution in [0, 0.1) is 21.7 Å². The first kappa shape index (κ1) is 38.7. The van der Waals surface area contributed by atoms with Crippen LogP contribution in [0.3, 0.4) is 0 Å². The summed E-state index contributed by atoms with van der Waals surface area (Å²) in [5, 5.41) is 29.6.